The average Bonchev–Trinajstić information content (AvgIpc) is 2.77. The van der Waals surface area contributed by atoms with Crippen LogP contribution in [0.4, 0.5) is 4.39 Å². The van der Waals surface area contributed by atoms with Gasteiger partial charge in [0.25, 0.3) is 0 Å². The van der Waals surface area contributed by atoms with Crippen LogP contribution < -0.4 is 0 Å². The van der Waals surface area contributed by atoms with Crippen LogP contribution >= 0.6 is 0 Å². The van der Waals surface area contributed by atoms with Crippen molar-refractivity contribution in [2.75, 3.05) is 13.1 Å². The minimum atomic E-state index is -0.732. The van der Waals surface area contributed by atoms with Gasteiger partial charge in [-0.3, -0.25) is 9.69 Å². The first-order chi connectivity index (χ1) is 8.96. The Labute approximate surface area is 113 Å². The van der Waals surface area contributed by atoms with Crippen LogP contribution in [0.5, 0.6) is 0 Å². The Morgan fingerprint density at radius 2 is 2.11 bits per heavy atom. The van der Waals surface area contributed by atoms with Gasteiger partial charge in [0.05, 0.1) is 5.41 Å². The Balaban J connectivity index is 2.16. The molecule has 1 N–H and O–H groups in total. The molecule has 0 bridgehead atoms. The van der Waals surface area contributed by atoms with Crippen molar-refractivity contribution in [3.05, 3.63) is 35.6 Å². The SMILES string of the molecule is CCC(c1ccc(F)cc1)N1CCC(C)(C(=O)O)C1. The van der Waals surface area contributed by atoms with Gasteiger partial charge in [-0.15, -0.1) is 0 Å². The number of carboxylic acids is 1. The number of carboxylic acid groups (broad SMARTS) is 1. The van der Waals surface area contributed by atoms with Crippen molar-refractivity contribution < 1.29 is 14.3 Å². The van der Waals surface area contributed by atoms with Crippen LogP contribution in [-0.2, 0) is 4.79 Å². The first-order valence-corrected chi connectivity index (χ1v) is 6.69. The average molecular weight is 265 g/mol. The zero-order valence-electron chi connectivity index (χ0n) is 11.4. The second kappa shape index (κ2) is 5.29. The van der Waals surface area contributed by atoms with E-state index < -0.39 is 11.4 Å². The molecule has 2 atom stereocenters. The van der Waals surface area contributed by atoms with Crippen LogP contribution in [0.1, 0.15) is 38.3 Å². The van der Waals surface area contributed by atoms with Gasteiger partial charge in [0.2, 0.25) is 0 Å². The van der Waals surface area contributed by atoms with Gasteiger partial charge in [-0.25, -0.2) is 4.39 Å². The highest BCUT2D eigenvalue weighted by Crippen LogP contribution is 2.36. The Morgan fingerprint density at radius 3 is 2.58 bits per heavy atom. The summed E-state index contributed by atoms with van der Waals surface area (Å²) in [7, 11) is 0. The molecule has 1 aromatic carbocycles. The van der Waals surface area contributed by atoms with E-state index >= 15 is 0 Å². The van der Waals surface area contributed by atoms with Gasteiger partial charge in [-0.2, -0.15) is 0 Å². The molecule has 1 aliphatic heterocycles. The van der Waals surface area contributed by atoms with Crippen LogP contribution in [0.3, 0.4) is 0 Å². The first kappa shape index (κ1) is 14.0. The fourth-order valence-corrected chi connectivity index (χ4v) is 2.83. The number of rotatable bonds is 4. The molecular weight excluding hydrogens is 245 g/mol. The third-order valence-electron chi connectivity index (χ3n) is 4.10. The molecule has 1 heterocycles. The van der Waals surface area contributed by atoms with Gasteiger partial charge in [-0.05, 0) is 44.0 Å². The molecule has 0 amide bonds. The molecule has 0 aromatic heterocycles. The highest BCUT2D eigenvalue weighted by Gasteiger charge is 2.42. The Kier molecular flexibility index (Phi) is 3.90. The summed E-state index contributed by atoms with van der Waals surface area (Å²) in [5.74, 6) is -0.973. The molecule has 0 radical (unpaired) electrons. The van der Waals surface area contributed by atoms with Crippen molar-refractivity contribution in [2.24, 2.45) is 5.41 Å². The van der Waals surface area contributed by atoms with E-state index in [1.54, 1.807) is 19.1 Å². The van der Waals surface area contributed by atoms with Crippen molar-refractivity contribution >= 4 is 5.97 Å². The van der Waals surface area contributed by atoms with Crippen molar-refractivity contribution in [1.29, 1.82) is 0 Å². The number of hydrogen-bond donors (Lipinski definition) is 1. The van der Waals surface area contributed by atoms with E-state index in [1.807, 2.05) is 0 Å². The summed E-state index contributed by atoms with van der Waals surface area (Å²) in [6.07, 6.45) is 1.56. The van der Waals surface area contributed by atoms with Crippen LogP contribution in [0.15, 0.2) is 24.3 Å². The third kappa shape index (κ3) is 2.78. The standard InChI is InChI=1S/C15H20FNO2/c1-3-13(11-4-6-12(16)7-5-11)17-9-8-15(2,10-17)14(18)19/h4-7,13H,3,8-10H2,1-2H3,(H,18,19). The largest absolute Gasteiger partial charge is 0.481 e. The molecule has 0 saturated carbocycles. The maximum atomic E-state index is 13.0. The van der Waals surface area contributed by atoms with Crippen LogP contribution in [0, 0.1) is 11.2 Å². The van der Waals surface area contributed by atoms with Crippen LogP contribution in [-0.4, -0.2) is 29.1 Å². The lowest BCUT2D eigenvalue weighted by Gasteiger charge is -2.28. The quantitative estimate of drug-likeness (QED) is 0.909. The summed E-state index contributed by atoms with van der Waals surface area (Å²) in [5.41, 5.74) is 0.395. The van der Waals surface area contributed by atoms with Crippen molar-refractivity contribution in [3.63, 3.8) is 0 Å². The van der Waals surface area contributed by atoms with E-state index in [0.29, 0.717) is 13.0 Å². The number of aliphatic carboxylic acids is 1. The first-order valence-electron chi connectivity index (χ1n) is 6.69. The van der Waals surface area contributed by atoms with Gasteiger partial charge in [0.15, 0.2) is 0 Å². The van der Waals surface area contributed by atoms with Gasteiger partial charge < -0.3 is 5.11 Å². The van der Waals surface area contributed by atoms with Gasteiger partial charge >= 0.3 is 5.97 Å². The summed E-state index contributed by atoms with van der Waals surface area (Å²) in [4.78, 5) is 13.5. The van der Waals surface area contributed by atoms with E-state index in [9.17, 15) is 14.3 Å². The van der Waals surface area contributed by atoms with Crippen molar-refractivity contribution in [3.8, 4) is 0 Å². The molecule has 0 spiro atoms. The Hall–Kier alpha value is -1.42. The topological polar surface area (TPSA) is 40.5 Å². The molecule has 19 heavy (non-hydrogen) atoms. The number of likely N-dealkylation sites (tertiary alicyclic amines) is 1. The lowest BCUT2D eigenvalue weighted by Crippen LogP contribution is -2.33. The van der Waals surface area contributed by atoms with Crippen LogP contribution in [0.25, 0.3) is 0 Å². The molecule has 1 fully saturated rings. The summed E-state index contributed by atoms with van der Waals surface area (Å²) >= 11 is 0. The fourth-order valence-electron chi connectivity index (χ4n) is 2.83. The van der Waals surface area contributed by atoms with Crippen molar-refractivity contribution in [2.45, 2.75) is 32.7 Å². The lowest BCUT2D eigenvalue weighted by molar-refractivity contribution is -0.147. The minimum absolute atomic E-state index is 0.168. The number of benzene rings is 1. The molecule has 1 aliphatic rings. The second-order valence-corrected chi connectivity index (χ2v) is 5.56. The zero-order chi connectivity index (χ0) is 14.0. The van der Waals surface area contributed by atoms with E-state index in [4.69, 9.17) is 0 Å². The molecule has 1 aromatic rings. The van der Waals surface area contributed by atoms with Gasteiger partial charge in [-0.1, -0.05) is 19.1 Å². The summed E-state index contributed by atoms with van der Waals surface area (Å²) in [6, 6.07) is 6.68. The molecule has 2 rings (SSSR count). The maximum absolute atomic E-state index is 13.0. The Morgan fingerprint density at radius 1 is 1.47 bits per heavy atom. The van der Waals surface area contributed by atoms with Gasteiger partial charge in [0.1, 0.15) is 5.82 Å². The fraction of sp³-hybridized carbons (Fsp3) is 0.533. The predicted octanol–water partition coefficient (Wildman–Crippen LogP) is 3.07. The normalized spacial score (nSPS) is 25.4. The minimum Gasteiger partial charge on any atom is -0.481 e. The number of hydrogen-bond acceptors (Lipinski definition) is 2. The van der Waals surface area contributed by atoms with E-state index in [2.05, 4.69) is 11.8 Å². The maximum Gasteiger partial charge on any atom is 0.310 e. The zero-order valence-corrected chi connectivity index (χ0v) is 11.4. The van der Waals surface area contributed by atoms with E-state index in [1.165, 1.54) is 12.1 Å². The highest BCUT2D eigenvalue weighted by atomic mass is 19.1. The van der Waals surface area contributed by atoms with Crippen LogP contribution in [0.2, 0.25) is 0 Å². The molecular formula is C15H20FNO2. The number of nitrogens with zero attached hydrogens (tertiary/aromatic N) is 1. The monoisotopic (exact) mass is 265 g/mol. The number of halogens is 1. The molecule has 4 heteroatoms. The van der Waals surface area contributed by atoms with E-state index in [-0.39, 0.29) is 11.9 Å². The third-order valence-corrected chi connectivity index (χ3v) is 4.10. The lowest BCUT2D eigenvalue weighted by atomic mass is 9.90. The summed E-state index contributed by atoms with van der Waals surface area (Å²) in [6.45, 7) is 5.20. The van der Waals surface area contributed by atoms with E-state index in [0.717, 1.165) is 18.5 Å². The second-order valence-electron chi connectivity index (χ2n) is 5.56. The van der Waals surface area contributed by atoms with Gasteiger partial charge in [0, 0.05) is 12.6 Å². The Bertz CT molecular complexity index is 460. The predicted molar refractivity (Wildman–Crippen MR) is 71.4 cm³/mol. The molecule has 0 aliphatic carbocycles. The molecule has 3 nitrogen and oxygen atoms in total. The highest BCUT2D eigenvalue weighted by molar-refractivity contribution is 5.74. The smallest absolute Gasteiger partial charge is 0.310 e. The summed E-state index contributed by atoms with van der Waals surface area (Å²) < 4.78 is 13.0. The van der Waals surface area contributed by atoms with Crippen molar-refractivity contribution in [1.82, 2.24) is 4.90 Å². The molecule has 1 saturated heterocycles. The molecule has 2 unspecified atom stereocenters. The molecule has 104 valence electrons. The number of carbonyl (C=O) groups is 1. The summed E-state index contributed by atoms with van der Waals surface area (Å²) in [5, 5.41) is 9.28.